The van der Waals surface area contributed by atoms with Gasteiger partial charge in [-0.1, -0.05) is 52.0 Å². The zero-order chi connectivity index (χ0) is 22.1. The first kappa shape index (κ1) is 20.8. The highest BCUT2D eigenvalue weighted by Gasteiger charge is 2.13. The van der Waals surface area contributed by atoms with Gasteiger partial charge >= 0.3 is 0 Å². The van der Waals surface area contributed by atoms with Gasteiger partial charge < -0.3 is 14.3 Å². The molecule has 0 spiro atoms. The summed E-state index contributed by atoms with van der Waals surface area (Å²) in [6, 6.07) is 22.0. The predicted molar refractivity (Wildman–Crippen MR) is 132 cm³/mol. The Hall–Kier alpha value is -3.10. The fourth-order valence-electron chi connectivity index (χ4n) is 3.80. The van der Waals surface area contributed by atoms with Gasteiger partial charge in [0, 0.05) is 44.1 Å². The minimum absolute atomic E-state index is 0.129. The highest BCUT2D eigenvalue weighted by atomic mass is 79.9. The number of amides is 1. The van der Waals surface area contributed by atoms with Gasteiger partial charge in [-0.15, -0.1) is 10.2 Å². The highest BCUT2D eigenvalue weighted by Crippen LogP contribution is 2.31. The second kappa shape index (κ2) is 8.80. The number of fused-ring (bicyclic) bond motifs is 3. The van der Waals surface area contributed by atoms with E-state index in [2.05, 4.69) is 61.1 Å². The molecular weight excluding hydrogens is 488 g/mol. The number of anilines is 1. The molecule has 0 saturated carbocycles. The molecular formula is C24H19BrN4O2S. The summed E-state index contributed by atoms with van der Waals surface area (Å²) in [5, 5.41) is 13.8. The Morgan fingerprint density at radius 3 is 2.72 bits per heavy atom. The maximum absolute atomic E-state index is 12.5. The average Bonchev–Trinajstić information content (AvgIpc) is 3.40. The van der Waals surface area contributed by atoms with Gasteiger partial charge in [0.1, 0.15) is 0 Å². The molecule has 0 aliphatic rings. The van der Waals surface area contributed by atoms with Gasteiger partial charge in [-0.05, 0) is 49.4 Å². The van der Waals surface area contributed by atoms with Crippen molar-refractivity contribution in [3.63, 3.8) is 0 Å². The molecule has 2 heterocycles. The number of hydrogen-bond acceptors (Lipinski definition) is 5. The molecule has 2 aromatic heterocycles. The summed E-state index contributed by atoms with van der Waals surface area (Å²) < 4.78 is 8.90. The van der Waals surface area contributed by atoms with Crippen molar-refractivity contribution in [3.8, 4) is 11.5 Å². The van der Waals surface area contributed by atoms with Crippen LogP contribution < -0.4 is 5.32 Å². The van der Waals surface area contributed by atoms with E-state index in [1.54, 1.807) is 0 Å². The Labute approximate surface area is 197 Å². The number of hydrogen-bond donors (Lipinski definition) is 1. The van der Waals surface area contributed by atoms with Crippen molar-refractivity contribution in [1.82, 2.24) is 14.8 Å². The third-order valence-corrected chi connectivity index (χ3v) is 6.49. The van der Waals surface area contributed by atoms with Gasteiger partial charge in [0.2, 0.25) is 11.8 Å². The molecule has 1 amide bonds. The number of carbonyl (C=O) groups excluding carboxylic acids is 1. The fourth-order valence-corrected chi connectivity index (χ4v) is 4.77. The third-order valence-electron chi connectivity index (χ3n) is 5.18. The van der Waals surface area contributed by atoms with Gasteiger partial charge in [-0.3, -0.25) is 4.79 Å². The van der Waals surface area contributed by atoms with E-state index in [1.165, 1.54) is 22.7 Å². The summed E-state index contributed by atoms with van der Waals surface area (Å²) in [5.74, 6) is 0.470. The maximum atomic E-state index is 12.5. The molecule has 0 aliphatic heterocycles. The van der Waals surface area contributed by atoms with Crippen LogP contribution in [0.4, 0.5) is 5.69 Å². The van der Waals surface area contributed by atoms with E-state index in [1.807, 2.05) is 48.5 Å². The van der Waals surface area contributed by atoms with Crippen LogP contribution in [0.2, 0.25) is 0 Å². The number of benzene rings is 3. The monoisotopic (exact) mass is 506 g/mol. The second-order valence-electron chi connectivity index (χ2n) is 7.21. The van der Waals surface area contributed by atoms with Gasteiger partial charge in [0.15, 0.2) is 0 Å². The SMILES string of the molecule is CCn1c2ccccc2c2cc(NC(=O)CSc3nnc(-c4cccc(Br)c4)o3)ccc21. The van der Waals surface area contributed by atoms with Crippen LogP contribution in [0.5, 0.6) is 0 Å². The average molecular weight is 507 g/mol. The van der Waals surface area contributed by atoms with Crippen LogP contribution in [0.1, 0.15) is 6.92 Å². The summed E-state index contributed by atoms with van der Waals surface area (Å²) in [6.07, 6.45) is 0. The lowest BCUT2D eigenvalue weighted by atomic mass is 10.1. The lowest BCUT2D eigenvalue weighted by molar-refractivity contribution is -0.113. The van der Waals surface area contributed by atoms with E-state index in [9.17, 15) is 4.79 Å². The molecule has 0 aliphatic carbocycles. The molecule has 5 aromatic rings. The molecule has 32 heavy (non-hydrogen) atoms. The Morgan fingerprint density at radius 2 is 1.88 bits per heavy atom. The Morgan fingerprint density at radius 1 is 1.03 bits per heavy atom. The van der Waals surface area contributed by atoms with Crippen LogP contribution in [0, 0.1) is 0 Å². The minimum Gasteiger partial charge on any atom is -0.411 e. The van der Waals surface area contributed by atoms with E-state index in [4.69, 9.17) is 4.42 Å². The largest absolute Gasteiger partial charge is 0.411 e. The summed E-state index contributed by atoms with van der Waals surface area (Å²) in [7, 11) is 0. The maximum Gasteiger partial charge on any atom is 0.277 e. The molecule has 160 valence electrons. The van der Waals surface area contributed by atoms with Crippen molar-refractivity contribution in [2.75, 3.05) is 11.1 Å². The van der Waals surface area contributed by atoms with E-state index in [-0.39, 0.29) is 11.7 Å². The van der Waals surface area contributed by atoms with Crippen LogP contribution in [0.25, 0.3) is 33.3 Å². The Balaban J connectivity index is 1.29. The van der Waals surface area contributed by atoms with E-state index in [0.717, 1.165) is 33.2 Å². The van der Waals surface area contributed by atoms with Gasteiger partial charge in [-0.25, -0.2) is 0 Å². The summed E-state index contributed by atoms with van der Waals surface area (Å²) in [4.78, 5) is 12.5. The molecule has 0 unspecified atom stereocenters. The second-order valence-corrected chi connectivity index (χ2v) is 9.06. The van der Waals surface area contributed by atoms with E-state index in [0.29, 0.717) is 11.1 Å². The first-order chi connectivity index (χ1) is 15.6. The minimum atomic E-state index is -0.129. The van der Waals surface area contributed by atoms with E-state index >= 15 is 0 Å². The van der Waals surface area contributed by atoms with Crippen LogP contribution in [0.3, 0.4) is 0 Å². The highest BCUT2D eigenvalue weighted by molar-refractivity contribution is 9.10. The summed E-state index contributed by atoms with van der Waals surface area (Å²) in [6.45, 7) is 3.02. The van der Waals surface area contributed by atoms with Gasteiger partial charge in [-0.2, -0.15) is 0 Å². The van der Waals surface area contributed by atoms with Crippen LogP contribution in [-0.2, 0) is 11.3 Å². The number of nitrogens with zero attached hydrogens (tertiary/aromatic N) is 3. The van der Waals surface area contributed by atoms with Crippen molar-refractivity contribution in [2.24, 2.45) is 0 Å². The molecule has 0 fully saturated rings. The Bertz CT molecular complexity index is 1440. The van der Waals surface area contributed by atoms with Gasteiger partial charge in [0.05, 0.1) is 5.75 Å². The third kappa shape index (κ3) is 4.03. The zero-order valence-corrected chi connectivity index (χ0v) is 19.6. The molecule has 0 saturated heterocycles. The molecule has 0 bridgehead atoms. The van der Waals surface area contributed by atoms with Crippen LogP contribution in [0.15, 0.2) is 80.8 Å². The fraction of sp³-hybridized carbons (Fsp3) is 0.125. The van der Waals surface area contributed by atoms with Crippen molar-refractivity contribution in [3.05, 3.63) is 71.2 Å². The number of aryl methyl sites for hydroxylation is 1. The predicted octanol–water partition coefficient (Wildman–Crippen LogP) is 6.36. The Kier molecular flexibility index (Phi) is 5.71. The first-order valence-electron chi connectivity index (χ1n) is 10.2. The standard InChI is InChI=1S/C24H19BrN4O2S/c1-2-29-20-9-4-3-8-18(20)19-13-17(10-11-21(19)29)26-22(30)14-32-24-28-27-23(31-24)15-6-5-7-16(25)12-15/h3-13H,2,14H2,1H3,(H,26,30). The number of carbonyl (C=O) groups is 1. The van der Waals surface area contributed by atoms with Crippen molar-refractivity contribution >= 4 is 61.1 Å². The molecule has 0 atom stereocenters. The number of rotatable bonds is 6. The molecule has 6 nitrogen and oxygen atoms in total. The normalized spacial score (nSPS) is 11.3. The quantitative estimate of drug-likeness (QED) is 0.271. The zero-order valence-electron chi connectivity index (χ0n) is 17.2. The molecule has 5 rings (SSSR count). The van der Waals surface area contributed by atoms with Crippen molar-refractivity contribution < 1.29 is 9.21 Å². The van der Waals surface area contributed by atoms with Crippen molar-refractivity contribution in [2.45, 2.75) is 18.7 Å². The first-order valence-corrected chi connectivity index (χ1v) is 11.9. The summed E-state index contributed by atoms with van der Waals surface area (Å²) >= 11 is 4.65. The number of halogens is 1. The number of para-hydroxylation sites is 1. The van der Waals surface area contributed by atoms with Gasteiger partial charge in [0.25, 0.3) is 5.22 Å². The summed E-state index contributed by atoms with van der Waals surface area (Å²) in [5.41, 5.74) is 3.94. The lowest BCUT2D eigenvalue weighted by Gasteiger charge is -2.06. The van der Waals surface area contributed by atoms with Crippen LogP contribution in [-0.4, -0.2) is 26.4 Å². The molecule has 1 N–H and O–H groups in total. The van der Waals surface area contributed by atoms with E-state index < -0.39 is 0 Å². The lowest BCUT2D eigenvalue weighted by Crippen LogP contribution is -2.13. The molecule has 3 aromatic carbocycles. The van der Waals surface area contributed by atoms with Crippen molar-refractivity contribution in [1.29, 1.82) is 0 Å². The molecule has 8 heteroatoms. The molecule has 0 radical (unpaired) electrons. The number of thioether (sulfide) groups is 1. The topological polar surface area (TPSA) is 73.0 Å². The number of nitrogens with one attached hydrogen (secondary N) is 1. The number of aromatic nitrogens is 3. The smallest absolute Gasteiger partial charge is 0.277 e. The van der Waals surface area contributed by atoms with Crippen LogP contribution >= 0.6 is 27.7 Å².